The number of imide groups is 1. The molecule has 1 fully saturated rings. The molecule has 4 amide bonds. The van der Waals surface area contributed by atoms with Crippen LogP contribution in [0.2, 0.25) is 0 Å². The lowest BCUT2D eigenvalue weighted by atomic mass is 9.87. The summed E-state index contributed by atoms with van der Waals surface area (Å²) < 4.78 is 5.15. The highest BCUT2D eigenvalue weighted by molar-refractivity contribution is 6.09. The first-order chi connectivity index (χ1) is 15.0. The minimum absolute atomic E-state index is 0.0558. The third-order valence-corrected chi connectivity index (χ3v) is 5.90. The molecule has 1 aliphatic heterocycles. The lowest BCUT2D eigenvalue weighted by Gasteiger charge is -2.24. The number of nitrogens with zero attached hydrogens (tertiary/aromatic N) is 2. The summed E-state index contributed by atoms with van der Waals surface area (Å²) in [5, 5.41) is 2.72. The van der Waals surface area contributed by atoms with E-state index in [2.05, 4.69) is 38.2 Å². The molecule has 0 radical (unpaired) electrons. The van der Waals surface area contributed by atoms with Gasteiger partial charge in [-0.15, -0.1) is 0 Å². The Hall–Kier alpha value is -3.35. The zero-order valence-corrected chi connectivity index (χ0v) is 19.6. The van der Waals surface area contributed by atoms with E-state index in [1.807, 2.05) is 12.1 Å². The van der Waals surface area contributed by atoms with Crippen molar-refractivity contribution in [2.45, 2.75) is 45.2 Å². The molecule has 7 heteroatoms. The first kappa shape index (κ1) is 23.3. The van der Waals surface area contributed by atoms with E-state index >= 15 is 0 Å². The van der Waals surface area contributed by atoms with Crippen molar-refractivity contribution in [1.29, 1.82) is 0 Å². The molecule has 1 unspecified atom stereocenters. The number of ether oxygens (including phenoxy) is 1. The molecular formula is C25H31N3O4. The average Bonchev–Trinajstić information content (AvgIpc) is 2.97. The molecular weight excluding hydrogens is 406 g/mol. The summed E-state index contributed by atoms with van der Waals surface area (Å²) >= 11 is 0. The third kappa shape index (κ3) is 4.61. The van der Waals surface area contributed by atoms with Gasteiger partial charge in [0.25, 0.3) is 5.91 Å². The maximum absolute atomic E-state index is 13.1. The largest absolute Gasteiger partial charge is 0.497 e. The first-order valence-electron chi connectivity index (χ1n) is 10.6. The van der Waals surface area contributed by atoms with Crippen LogP contribution < -0.4 is 10.1 Å². The molecule has 1 aliphatic rings. The molecule has 7 nitrogen and oxygen atoms in total. The second-order valence-electron chi connectivity index (χ2n) is 9.37. The van der Waals surface area contributed by atoms with Gasteiger partial charge in [-0.2, -0.15) is 0 Å². The molecule has 32 heavy (non-hydrogen) atoms. The predicted octanol–water partition coefficient (Wildman–Crippen LogP) is 3.42. The van der Waals surface area contributed by atoms with Gasteiger partial charge in [-0.3, -0.25) is 14.5 Å². The smallest absolute Gasteiger partial charge is 0.325 e. The Balaban J connectivity index is 1.67. The van der Waals surface area contributed by atoms with E-state index in [4.69, 9.17) is 4.74 Å². The van der Waals surface area contributed by atoms with Gasteiger partial charge >= 0.3 is 6.03 Å². The fourth-order valence-corrected chi connectivity index (χ4v) is 3.69. The van der Waals surface area contributed by atoms with Gasteiger partial charge in [0, 0.05) is 13.6 Å². The quantitative estimate of drug-likeness (QED) is 0.703. The highest BCUT2D eigenvalue weighted by Crippen LogP contribution is 2.30. The third-order valence-electron chi connectivity index (χ3n) is 5.90. The Morgan fingerprint density at radius 3 is 2.19 bits per heavy atom. The second-order valence-corrected chi connectivity index (χ2v) is 9.37. The maximum Gasteiger partial charge on any atom is 0.325 e. The molecule has 1 atom stereocenters. The molecule has 170 valence electrons. The van der Waals surface area contributed by atoms with Crippen LogP contribution in [0.3, 0.4) is 0 Å². The number of hydrogen-bond donors (Lipinski definition) is 1. The number of benzene rings is 2. The van der Waals surface area contributed by atoms with Crippen LogP contribution in [-0.2, 0) is 27.1 Å². The van der Waals surface area contributed by atoms with E-state index < -0.39 is 17.5 Å². The molecule has 1 heterocycles. The number of rotatable bonds is 6. The van der Waals surface area contributed by atoms with E-state index in [-0.39, 0.29) is 17.9 Å². The number of amides is 4. The van der Waals surface area contributed by atoms with E-state index in [0.29, 0.717) is 17.9 Å². The minimum atomic E-state index is -1.23. The number of carbonyl (C=O) groups excluding carboxylic acids is 3. The Morgan fingerprint density at radius 1 is 1.06 bits per heavy atom. The fourth-order valence-electron chi connectivity index (χ4n) is 3.69. The lowest BCUT2D eigenvalue weighted by molar-refractivity contribution is -0.138. The standard InChI is InChI=1S/C25H31N3O4/c1-24(2,3)18-9-7-17(8-10-18)15-27(5)21(29)16-28-22(30)25(4,26-23(28)31)19-11-13-20(32-6)14-12-19/h7-14H,15-16H2,1-6H3,(H,26,31). The number of hydrogen-bond acceptors (Lipinski definition) is 4. The van der Waals surface area contributed by atoms with Gasteiger partial charge in [-0.1, -0.05) is 57.2 Å². The fraction of sp³-hybridized carbons (Fsp3) is 0.400. The number of methoxy groups -OCH3 is 1. The number of nitrogens with one attached hydrogen (secondary N) is 1. The number of urea groups is 1. The highest BCUT2D eigenvalue weighted by atomic mass is 16.5. The first-order valence-corrected chi connectivity index (χ1v) is 10.6. The van der Waals surface area contributed by atoms with Crippen LogP contribution in [0.25, 0.3) is 0 Å². The van der Waals surface area contributed by atoms with Crippen LogP contribution >= 0.6 is 0 Å². The molecule has 1 saturated heterocycles. The van der Waals surface area contributed by atoms with Crippen molar-refractivity contribution >= 4 is 17.8 Å². The van der Waals surface area contributed by atoms with Crippen LogP contribution in [0.5, 0.6) is 5.75 Å². The normalized spacial score (nSPS) is 18.5. The molecule has 2 aromatic carbocycles. The van der Waals surface area contributed by atoms with Crippen LogP contribution in [0.4, 0.5) is 4.79 Å². The topological polar surface area (TPSA) is 79.0 Å². The van der Waals surface area contributed by atoms with Crippen LogP contribution in [0, 0.1) is 0 Å². The highest BCUT2D eigenvalue weighted by Gasteiger charge is 2.49. The number of carbonyl (C=O) groups is 3. The van der Waals surface area contributed by atoms with Crippen molar-refractivity contribution in [3.8, 4) is 5.75 Å². The van der Waals surface area contributed by atoms with Gasteiger partial charge in [0.2, 0.25) is 5.91 Å². The van der Waals surface area contributed by atoms with Crippen molar-refractivity contribution in [2.75, 3.05) is 20.7 Å². The van der Waals surface area contributed by atoms with Crippen molar-refractivity contribution in [3.63, 3.8) is 0 Å². The van der Waals surface area contributed by atoms with E-state index in [1.165, 1.54) is 10.5 Å². The molecule has 0 spiro atoms. The Morgan fingerprint density at radius 2 is 1.66 bits per heavy atom. The van der Waals surface area contributed by atoms with Gasteiger partial charge in [0.05, 0.1) is 7.11 Å². The van der Waals surface area contributed by atoms with Gasteiger partial charge in [-0.25, -0.2) is 4.79 Å². The van der Waals surface area contributed by atoms with Gasteiger partial charge < -0.3 is 15.0 Å². The summed E-state index contributed by atoms with van der Waals surface area (Å²) in [5.41, 5.74) is 1.64. The summed E-state index contributed by atoms with van der Waals surface area (Å²) in [6, 6.07) is 14.5. The SMILES string of the molecule is COc1ccc(C2(C)NC(=O)N(CC(=O)N(C)Cc3ccc(C(C)(C)C)cc3)C2=O)cc1. The van der Waals surface area contributed by atoms with Crippen LogP contribution in [0.15, 0.2) is 48.5 Å². The molecule has 1 N–H and O–H groups in total. The van der Waals surface area contributed by atoms with E-state index in [0.717, 1.165) is 10.5 Å². The molecule has 0 aliphatic carbocycles. The van der Waals surface area contributed by atoms with Crippen LogP contribution in [-0.4, -0.2) is 48.3 Å². The second kappa shape index (κ2) is 8.65. The Kier molecular flexibility index (Phi) is 6.30. The maximum atomic E-state index is 13.1. The van der Waals surface area contributed by atoms with Crippen molar-refractivity contribution in [1.82, 2.24) is 15.1 Å². The molecule has 0 aromatic heterocycles. The van der Waals surface area contributed by atoms with E-state index in [1.54, 1.807) is 45.3 Å². The average molecular weight is 438 g/mol. The summed E-state index contributed by atoms with van der Waals surface area (Å²) in [5.74, 6) is -0.116. The monoisotopic (exact) mass is 437 g/mol. The lowest BCUT2D eigenvalue weighted by Crippen LogP contribution is -2.43. The summed E-state index contributed by atoms with van der Waals surface area (Å²) in [6.07, 6.45) is 0. The Bertz CT molecular complexity index is 1010. The van der Waals surface area contributed by atoms with Crippen molar-refractivity contribution in [3.05, 3.63) is 65.2 Å². The van der Waals surface area contributed by atoms with Gasteiger partial charge in [-0.05, 0) is 41.2 Å². The minimum Gasteiger partial charge on any atom is -0.497 e. The molecule has 2 aromatic rings. The van der Waals surface area contributed by atoms with Crippen molar-refractivity contribution < 1.29 is 19.1 Å². The molecule has 3 rings (SSSR count). The van der Waals surface area contributed by atoms with Gasteiger partial charge in [0.15, 0.2) is 0 Å². The Labute approximate surface area is 189 Å². The summed E-state index contributed by atoms with van der Waals surface area (Å²) in [6.45, 7) is 8.16. The zero-order valence-electron chi connectivity index (χ0n) is 19.6. The van der Waals surface area contributed by atoms with Gasteiger partial charge in [0.1, 0.15) is 17.8 Å². The predicted molar refractivity (Wildman–Crippen MR) is 122 cm³/mol. The zero-order chi connectivity index (χ0) is 23.7. The van der Waals surface area contributed by atoms with Crippen molar-refractivity contribution in [2.24, 2.45) is 0 Å². The molecule has 0 saturated carbocycles. The number of likely N-dealkylation sites (N-methyl/N-ethyl adjacent to an activating group) is 1. The molecule has 0 bridgehead atoms. The summed E-state index contributed by atoms with van der Waals surface area (Å²) in [4.78, 5) is 40.9. The summed E-state index contributed by atoms with van der Waals surface area (Å²) in [7, 11) is 3.23. The van der Waals surface area contributed by atoms with E-state index in [9.17, 15) is 14.4 Å². The van der Waals surface area contributed by atoms with Crippen LogP contribution in [0.1, 0.15) is 44.4 Å².